The standard InChI is InChI=1S/C27H29NO4S/c29-27(28-19-17-26(18-20-28)33(30,31)25-9-5-2-6-10-25)16-13-22-11-14-24(15-12-22)32-21-23-7-3-1-4-8-23/h1-12,14-15,26H,13,16-21H2. The van der Waals surface area contributed by atoms with Crippen molar-refractivity contribution in [3.8, 4) is 5.75 Å². The van der Waals surface area contributed by atoms with E-state index in [4.69, 9.17) is 4.74 Å². The van der Waals surface area contributed by atoms with E-state index in [1.54, 1.807) is 29.2 Å². The zero-order valence-electron chi connectivity index (χ0n) is 18.6. The highest BCUT2D eigenvalue weighted by molar-refractivity contribution is 7.92. The van der Waals surface area contributed by atoms with E-state index in [1.807, 2.05) is 60.7 Å². The van der Waals surface area contributed by atoms with Gasteiger partial charge < -0.3 is 9.64 Å². The Morgan fingerprint density at radius 2 is 1.42 bits per heavy atom. The minimum atomic E-state index is -3.34. The van der Waals surface area contributed by atoms with Gasteiger partial charge in [-0.15, -0.1) is 0 Å². The summed E-state index contributed by atoms with van der Waals surface area (Å²) in [7, 11) is -3.34. The molecule has 3 aromatic carbocycles. The average Bonchev–Trinajstić information content (AvgIpc) is 2.88. The van der Waals surface area contributed by atoms with Gasteiger partial charge in [0.1, 0.15) is 12.4 Å². The van der Waals surface area contributed by atoms with E-state index in [0.29, 0.717) is 50.3 Å². The Kier molecular flexibility index (Phi) is 7.45. The van der Waals surface area contributed by atoms with Gasteiger partial charge in [0, 0.05) is 19.5 Å². The van der Waals surface area contributed by atoms with Crippen molar-refractivity contribution < 1.29 is 17.9 Å². The van der Waals surface area contributed by atoms with Gasteiger partial charge in [0.25, 0.3) is 0 Å². The first-order chi connectivity index (χ1) is 16.0. The number of sulfone groups is 1. The summed E-state index contributed by atoms with van der Waals surface area (Å²) < 4.78 is 31.4. The van der Waals surface area contributed by atoms with Crippen LogP contribution in [-0.2, 0) is 27.7 Å². The molecule has 4 rings (SSSR count). The number of benzene rings is 3. The molecule has 5 nitrogen and oxygen atoms in total. The number of rotatable bonds is 8. The van der Waals surface area contributed by atoms with Crippen molar-refractivity contribution in [2.24, 2.45) is 0 Å². The van der Waals surface area contributed by atoms with E-state index in [9.17, 15) is 13.2 Å². The molecular formula is C27H29NO4S. The van der Waals surface area contributed by atoms with Gasteiger partial charge in [0.15, 0.2) is 9.84 Å². The lowest BCUT2D eigenvalue weighted by Crippen LogP contribution is -2.42. The summed E-state index contributed by atoms with van der Waals surface area (Å²) in [5.74, 6) is 0.880. The molecule has 0 unspecified atom stereocenters. The van der Waals surface area contributed by atoms with Crippen molar-refractivity contribution in [2.75, 3.05) is 13.1 Å². The third-order valence-corrected chi connectivity index (χ3v) is 8.38. The molecule has 1 fully saturated rings. The van der Waals surface area contributed by atoms with Crippen molar-refractivity contribution in [3.63, 3.8) is 0 Å². The molecule has 0 saturated carbocycles. The predicted molar refractivity (Wildman–Crippen MR) is 129 cm³/mol. The van der Waals surface area contributed by atoms with E-state index >= 15 is 0 Å². The monoisotopic (exact) mass is 463 g/mol. The molecule has 0 bridgehead atoms. The molecule has 1 saturated heterocycles. The number of ether oxygens (including phenoxy) is 1. The molecule has 0 spiro atoms. The van der Waals surface area contributed by atoms with Gasteiger partial charge in [-0.3, -0.25) is 4.79 Å². The molecule has 0 N–H and O–H groups in total. The van der Waals surface area contributed by atoms with Crippen LogP contribution in [0.1, 0.15) is 30.4 Å². The number of carbonyl (C=O) groups is 1. The van der Waals surface area contributed by atoms with Gasteiger partial charge in [-0.25, -0.2) is 8.42 Å². The average molecular weight is 464 g/mol. The maximum Gasteiger partial charge on any atom is 0.222 e. The largest absolute Gasteiger partial charge is 0.489 e. The summed E-state index contributed by atoms with van der Waals surface area (Å²) in [5.41, 5.74) is 2.20. The van der Waals surface area contributed by atoms with Crippen LogP contribution < -0.4 is 4.74 Å². The summed E-state index contributed by atoms with van der Waals surface area (Å²) in [4.78, 5) is 14.8. The molecule has 1 aliphatic heterocycles. The lowest BCUT2D eigenvalue weighted by Gasteiger charge is -2.32. The Morgan fingerprint density at radius 1 is 0.818 bits per heavy atom. The zero-order valence-corrected chi connectivity index (χ0v) is 19.4. The smallest absolute Gasteiger partial charge is 0.222 e. The second-order valence-corrected chi connectivity index (χ2v) is 10.6. The van der Waals surface area contributed by atoms with E-state index in [2.05, 4.69) is 0 Å². The van der Waals surface area contributed by atoms with E-state index < -0.39 is 15.1 Å². The van der Waals surface area contributed by atoms with Gasteiger partial charge in [0.05, 0.1) is 10.1 Å². The van der Waals surface area contributed by atoms with Crippen LogP contribution in [0.15, 0.2) is 89.8 Å². The number of aryl methyl sites for hydroxylation is 1. The van der Waals surface area contributed by atoms with Crippen LogP contribution in [0.4, 0.5) is 0 Å². The normalized spacial score (nSPS) is 14.7. The third kappa shape index (κ3) is 6.02. The number of piperidine rings is 1. The first-order valence-electron chi connectivity index (χ1n) is 11.3. The van der Waals surface area contributed by atoms with E-state index in [0.717, 1.165) is 16.9 Å². The van der Waals surface area contributed by atoms with Gasteiger partial charge in [0.2, 0.25) is 5.91 Å². The summed E-state index contributed by atoms with van der Waals surface area (Å²) in [5, 5.41) is -0.424. The molecule has 1 heterocycles. The molecular weight excluding hydrogens is 434 g/mol. The number of likely N-dealkylation sites (tertiary alicyclic amines) is 1. The molecule has 172 valence electrons. The molecule has 1 aliphatic rings. The van der Waals surface area contributed by atoms with E-state index in [-0.39, 0.29) is 5.91 Å². The van der Waals surface area contributed by atoms with Crippen molar-refractivity contribution in [1.82, 2.24) is 4.90 Å². The quantitative estimate of drug-likeness (QED) is 0.487. The highest BCUT2D eigenvalue weighted by atomic mass is 32.2. The number of hydrogen-bond acceptors (Lipinski definition) is 4. The van der Waals surface area contributed by atoms with Crippen LogP contribution in [0.2, 0.25) is 0 Å². The SMILES string of the molecule is O=C(CCc1ccc(OCc2ccccc2)cc1)N1CCC(S(=O)(=O)c2ccccc2)CC1. The lowest BCUT2D eigenvalue weighted by molar-refractivity contribution is -0.132. The van der Waals surface area contributed by atoms with Crippen molar-refractivity contribution in [3.05, 3.63) is 96.1 Å². The molecule has 0 radical (unpaired) electrons. The van der Waals surface area contributed by atoms with Gasteiger partial charge in [-0.2, -0.15) is 0 Å². The molecule has 33 heavy (non-hydrogen) atoms. The van der Waals surface area contributed by atoms with Crippen LogP contribution in [0.5, 0.6) is 5.75 Å². The van der Waals surface area contributed by atoms with Gasteiger partial charge >= 0.3 is 0 Å². The fourth-order valence-corrected chi connectivity index (χ4v) is 5.87. The van der Waals surface area contributed by atoms with Crippen LogP contribution in [-0.4, -0.2) is 37.6 Å². The third-order valence-electron chi connectivity index (χ3n) is 6.10. The Hall–Kier alpha value is -3.12. The maximum atomic E-state index is 12.8. The molecule has 6 heteroatoms. The molecule has 0 atom stereocenters. The summed E-state index contributed by atoms with van der Waals surface area (Å²) in [6.45, 7) is 1.50. The first-order valence-corrected chi connectivity index (χ1v) is 12.9. The number of nitrogens with zero attached hydrogens (tertiary/aromatic N) is 1. The van der Waals surface area contributed by atoms with Crippen molar-refractivity contribution in [2.45, 2.75) is 42.4 Å². The molecule has 0 aromatic heterocycles. The van der Waals surface area contributed by atoms with Crippen molar-refractivity contribution >= 4 is 15.7 Å². The van der Waals surface area contributed by atoms with Crippen LogP contribution in [0.25, 0.3) is 0 Å². The maximum absolute atomic E-state index is 12.8. The highest BCUT2D eigenvalue weighted by Crippen LogP contribution is 2.25. The zero-order chi connectivity index (χ0) is 23.1. The molecule has 3 aromatic rings. The number of amides is 1. The number of carbonyl (C=O) groups excluding carboxylic acids is 1. The predicted octanol–water partition coefficient (Wildman–Crippen LogP) is 4.66. The molecule has 1 amide bonds. The minimum Gasteiger partial charge on any atom is -0.489 e. The number of hydrogen-bond donors (Lipinski definition) is 0. The second-order valence-electron chi connectivity index (χ2n) is 8.36. The Bertz CT molecular complexity index is 1140. The second kappa shape index (κ2) is 10.7. The summed E-state index contributed by atoms with van der Waals surface area (Å²) in [6, 6.07) is 26.5. The molecule has 0 aliphatic carbocycles. The fourth-order valence-electron chi connectivity index (χ4n) is 4.12. The summed E-state index contributed by atoms with van der Waals surface area (Å²) >= 11 is 0. The van der Waals surface area contributed by atoms with Crippen LogP contribution in [0, 0.1) is 0 Å². The van der Waals surface area contributed by atoms with Gasteiger partial charge in [-0.05, 0) is 54.7 Å². The van der Waals surface area contributed by atoms with Gasteiger partial charge in [-0.1, -0.05) is 60.7 Å². The van der Waals surface area contributed by atoms with Crippen molar-refractivity contribution in [1.29, 1.82) is 0 Å². The minimum absolute atomic E-state index is 0.0787. The Balaban J connectivity index is 1.23. The Morgan fingerprint density at radius 3 is 2.06 bits per heavy atom. The first kappa shape index (κ1) is 23.1. The highest BCUT2D eigenvalue weighted by Gasteiger charge is 2.32. The Labute approximate surface area is 195 Å². The summed E-state index contributed by atoms with van der Waals surface area (Å²) in [6.07, 6.45) is 2.03. The van der Waals surface area contributed by atoms with Crippen LogP contribution in [0.3, 0.4) is 0 Å². The van der Waals surface area contributed by atoms with Crippen LogP contribution >= 0.6 is 0 Å². The topological polar surface area (TPSA) is 63.7 Å². The fraction of sp³-hybridized carbons (Fsp3) is 0.296. The van der Waals surface area contributed by atoms with E-state index in [1.165, 1.54) is 0 Å². The lowest BCUT2D eigenvalue weighted by atomic mass is 10.1.